The van der Waals surface area contributed by atoms with Crippen LogP contribution in [0.5, 0.6) is 0 Å². The number of hydrogen-bond acceptors (Lipinski definition) is 4. The van der Waals surface area contributed by atoms with Gasteiger partial charge < -0.3 is 20.5 Å². The Morgan fingerprint density at radius 3 is 2.62 bits per heavy atom. The predicted molar refractivity (Wildman–Crippen MR) is 95.4 cm³/mol. The molecule has 7 nitrogen and oxygen atoms in total. The van der Waals surface area contributed by atoms with Crippen molar-refractivity contribution in [2.75, 3.05) is 13.6 Å². The topological polar surface area (TPSA) is 93.2 Å². The maximum Gasteiger partial charge on any atom is 0.272 e. The molecule has 1 aliphatic heterocycles. The van der Waals surface area contributed by atoms with Crippen LogP contribution in [0, 0.1) is 5.41 Å². The van der Waals surface area contributed by atoms with Crippen LogP contribution in [0.1, 0.15) is 49.8 Å². The van der Waals surface area contributed by atoms with Gasteiger partial charge in [0.2, 0.25) is 5.91 Å². The Morgan fingerprint density at radius 1 is 1.38 bits per heavy atom. The number of fused-ring (bicyclic) bond motifs is 1. The van der Waals surface area contributed by atoms with E-state index in [2.05, 4.69) is 31.1 Å². The Balaban J connectivity index is 2.25. The summed E-state index contributed by atoms with van der Waals surface area (Å²) in [6.45, 7) is 8.42. The number of nitrogens with one attached hydrogen (secondary N) is 1. The molecule has 3 N–H and O–H groups in total. The Hall–Kier alpha value is -1.41. The van der Waals surface area contributed by atoms with Gasteiger partial charge in [0.25, 0.3) is 5.91 Å². The molecule has 0 unspecified atom stereocenters. The fraction of sp³-hybridized carbons (Fsp3) is 0.688. The lowest BCUT2D eigenvalue weighted by Crippen LogP contribution is -2.46. The van der Waals surface area contributed by atoms with E-state index < -0.39 is 11.9 Å². The summed E-state index contributed by atoms with van der Waals surface area (Å²) in [5, 5.41) is 2.76. The fourth-order valence-electron chi connectivity index (χ4n) is 2.92. The molecular weight excluding hydrogens is 374 g/mol. The van der Waals surface area contributed by atoms with Crippen LogP contribution in [-0.2, 0) is 17.9 Å². The Kier molecular flexibility index (Phi) is 5.70. The van der Waals surface area contributed by atoms with Crippen LogP contribution < -0.4 is 11.1 Å². The van der Waals surface area contributed by atoms with Gasteiger partial charge in [-0.3, -0.25) is 9.59 Å². The number of aromatic nitrogens is 2. The number of primary amides is 1. The van der Waals surface area contributed by atoms with Crippen molar-refractivity contribution in [3.8, 4) is 0 Å². The molecule has 2 heterocycles. The highest BCUT2D eigenvalue weighted by atomic mass is 79.9. The van der Waals surface area contributed by atoms with E-state index in [4.69, 9.17) is 5.73 Å². The molecule has 8 heteroatoms. The van der Waals surface area contributed by atoms with Gasteiger partial charge in [-0.15, -0.1) is 0 Å². The van der Waals surface area contributed by atoms with E-state index in [9.17, 15) is 9.59 Å². The SMILES string of the molecule is CN1CCCn2c(Br)nc(C(=O)N[C@@H](CC(C)(C)C)C(N)=O)c2C1. The molecule has 0 aliphatic carbocycles. The fourth-order valence-corrected chi connectivity index (χ4v) is 3.49. The lowest BCUT2D eigenvalue weighted by molar-refractivity contribution is -0.120. The van der Waals surface area contributed by atoms with Crippen molar-refractivity contribution in [2.45, 2.75) is 52.7 Å². The lowest BCUT2D eigenvalue weighted by atomic mass is 9.88. The van der Waals surface area contributed by atoms with E-state index in [1.165, 1.54) is 0 Å². The number of hydrogen-bond donors (Lipinski definition) is 2. The van der Waals surface area contributed by atoms with Gasteiger partial charge in [-0.1, -0.05) is 20.8 Å². The molecule has 0 bridgehead atoms. The van der Waals surface area contributed by atoms with Gasteiger partial charge in [0.05, 0.1) is 5.69 Å². The van der Waals surface area contributed by atoms with Crippen molar-refractivity contribution < 1.29 is 9.59 Å². The van der Waals surface area contributed by atoms with E-state index in [1.54, 1.807) is 0 Å². The third-order valence-electron chi connectivity index (χ3n) is 4.05. The van der Waals surface area contributed by atoms with E-state index in [0.717, 1.165) is 25.2 Å². The predicted octanol–water partition coefficient (Wildman–Crippen LogP) is 1.50. The van der Waals surface area contributed by atoms with Crippen LogP contribution in [0.3, 0.4) is 0 Å². The molecule has 0 aromatic carbocycles. The van der Waals surface area contributed by atoms with E-state index >= 15 is 0 Å². The molecule has 0 spiro atoms. The van der Waals surface area contributed by atoms with Crippen LogP contribution in [0.15, 0.2) is 4.73 Å². The minimum atomic E-state index is -0.711. The van der Waals surface area contributed by atoms with Crippen molar-refractivity contribution >= 4 is 27.7 Å². The molecule has 1 atom stereocenters. The Labute approximate surface area is 151 Å². The first-order valence-corrected chi connectivity index (χ1v) is 8.91. The molecule has 2 amide bonds. The quantitative estimate of drug-likeness (QED) is 0.801. The summed E-state index contributed by atoms with van der Waals surface area (Å²) in [6, 6.07) is -0.711. The monoisotopic (exact) mass is 399 g/mol. The van der Waals surface area contributed by atoms with Crippen molar-refractivity contribution in [2.24, 2.45) is 11.1 Å². The maximum atomic E-state index is 12.7. The highest BCUT2D eigenvalue weighted by Crippen LogP contribution is 2.23. The second-order valence-electron chi connectivity index (χ2n) is 7.61. The molecule has 1 aliphatic rings. The number of nitrogens with zero attached hydrogens (tertiary/aromatic N) is 3. The average Bonchev–Trinajstić information content (AvgIpc) is 2.63. The minimum Gasteiger partial charge on any atom is -0.368 e. The molecular formula is C16H26BrN5O2. The van der Waals surface area contributed by atoms with Crippen LogP contribution in [0.4, 0.5) is 0 Å². The normalized spacial score (nSPS) is 17.0. The van der Waals surface area contributed by atoms with Gasteiger partial charge in [-0.2, -0.15) is 0 Å². The summed E-state index contributed by atoms with van der Waals surface area (Å²) in [7, 11) is 2.02. The summed E-state index contributed by atoms with van der Waals surface area (Å²) in [6.07, 6.45) is 1.47. The molecule has 0 saturated carbocycles. The molecule has 2 rings (SSSR count). The van der Waals surface area contributed by atoms with Crippen molar-refractivity contribution in [3.05, 3.63) is 16.1 Å². The van der Waals surface area contributed by atoms with Crippen molar-refractivity contribution in [1.82, 2.24) is 19.8 Å². The first kappa shape index (κ1) is 18.9. The second kappa shape index (κ2) is 7.23. The minimum absolute atomic E-state index is 0.126. The average molecular weight is 400 g/mol. The summed E-state index contributed by atoms with van der Waals surface area (Å²) in [4.78, 5) is 30.9. The summed E-state index contributed by atoms with van der Waals surface area (Å²) < 4.78 is 2.66. The molecule has 1 aromatic heterocycles. The number of halogens is 1. The molecule has 24 heavy (non-hydrogen) atoms. The van der Waals surface area contributed by atoms with Gasteiger partial charge in [-0.05, 0) is 47.8 Å². The van der Waals surface area contributed by atoms with Gasteiger partial charge in [0, 0.05) is 13.1 Å². The van der Waals surface area contributed by atoms with Gasteiger partial charge >= 0.3 is 0 Å². The number of carbonyl (C=O) groups is 2. The zero-order valence-corrected chi connectivity index (χ0v) is 16.3. The molecule has 0 radical (unpaired) electrons. The van der Waals surface area contributed by atoms with E-state index in [-0.39, 0.29) is 11.3 Å². The largest absolute Gasteiger partial charge is 0.368 e. The van der Waals surface area contributed by atoms with Gasteiger partial charge in [0.15, 0.2) is 10.4 Å². The zero-order chi connectivity index (χ0) is 18.1. The molecule has 1 aromatic rings. The molecule has 134 valence electrons. The van der Waals surface area contributed by atoms with E-state index in [1.807, 2.05) is 32.4 Å². The molecule has 0 fully saturated rings. The summed E-state index contributed by atoms with van der Waals surface area (Å²) in [5.41, 5.74) is 6.55. The van der Waals surface area contributed by atoms with Crippen LogP contribution in [0.2, 0.25) is 0 Å². The smallest absolute Gasteiger partial charge is 0.272 e. The van der Waals surface area contributed by atoms with Crippen LogP contribution >= 0.6 is 15.9 Å². The number of rotatable bonds is 4. The van der Waals surface area contributed by atoms with Crippen LogP contribution in [0.25, 0.3) is 0 Å². The number of amides is 2. The standard InChI is InChI=1S/C16H26BrN5O2/c1-16(2,3)8-10(13(18)23)19-14(24)12-11-9-21(4)6-5-7-22(11)15(17)20-12/h10H,5-9H2,1-4H3,(H2,18,23)(H,19,24)/t10-/m0/s1. The van der Waals surface area contributed by atoms with Crippen molar-refractivity contribution in [1.29, 1.82) is 0 Å². The lowest BCUT2D eigenvalue weighted by Gasteiger charge is -2.24. The van der Waals surface area contributed by atoms with Gasteiger partial charge in [-0.25, -0.2) is 4.98 Å². The number of nitrogens with two attached hydrogens (primary N) is 1. The number of imidazole rings is 1. The van der Waals surface area contributed by atoms with Crippen LogP contribution in [-0.4, -0.2) is 45.9 Å². The highest BCUT2D eigenvalue weighted by Gasteiger charge is 2.29. The first-order valence-electron chi connectivity index (χ1n) is 8.12. The Bertz CT molecular complexity index is 635. The summed E-state index contributed by atoms with van der Waals surface area (Å²) in [5.74, 6) is -0.882. The Morgan fingerprint density at radius 2 is 2.04 bits per heavy atom. The second-order valence-corrected chi connectivity index (χ2v) is 8.32. The zero-order valence-electron chi connectivity index (χ0n) is 14.7. The third kappa shape index (κ3) is 4.57. The maximum absolute atomic E-state index is 12.7. The first-order chi connectivity index (χ1) is 11.1. The van der Waals surface area contributed by atoms with Crippen molar-refractivity contribution in [3.63, 3.8) is 0 Å². The third-order valence-corrected chi connectivity index (χ3v) is 4.65. The highest BCUT2D eigenvalue weighted by molar-refractivity contribution is 9.10. The van der Waals surface area contributed by atoms with Gasteiger partial charge in [0.1, 0.15) is 6.04 Å². The summed E-state index contributed by atoms with van der Waals surface area (Å²) >= 11 is 3.43. The molecule has 0 saturated heterocycles. The number of carbonyl (C=O) groups excluding carboxylic acids is 2. The van der Waals surface area contributed by atoms with E-state index in [0.29, 0.717) is 23.4 Å².